The first-order valence-electron chi connectivity index (χ1n) is 8.75. The Bertz CT molecular complexity index is 694. The van der Waals surface area contributed by atoms with Crippen LogP contribution in [0.2, 0.25) is 0 Å². The fourth-order valence-electron chi connectivity index (χ4n) is 5.01. The Kier molecular flexibility index (Phi) is 3.17. The molecule has 6 heteroatoms. The summed E-state index contributed by atoms with van der Waals surface area (Å²) in [6.07, 6.45) is 0.930. The number of aliphatic hydroxyl groups is 1. The molecule has 3 saturated heterocycles. The minimum absolute atomic E-state index is 0.0138. The molecule has 1 aromatic rings. The van der Waals surface area contributed by atoms with Crippen molar-refractivity contribution in [2.45, 2.75) is 18.1 Å². The number of carbonyl (C=O) groups excluding carboxylic acids is 1. The molecule has 0 aliphatic carbocycles. The lowest BCUT2D eigenvalue weighted by molar-refractivity contribution is -0.0726. The Morgan fingerprint density at radius 3 is 3.25 bits per heavy atom. The van der Waals surface area contributed by atoms with Gasteiger partial charge in [-0.3, -0.25) is 4.79 Å². The van der Waals surface area contributed by atoms with E-state index in [9.17, 15) is 9.90 Å². The summed E-state index contributed by atoms with van der Waals surface area (Å²) in [6, 6.07) is 5.81. The summed E-state index contributed by atoms with van der Waals surface area (Å²) in [6.45, 7) is 3.53. The third kappa shape index (κ3) is 1.90. The van der Waals surface area contributed by atoms with Gasteiger partial charge in [-0.25, -0.2) is 0 Å². The van der Waals surface area contributed by atoms with E-state index in [1.807, 2.05) is 23.1 Å². The third-order valence-electron chi connectivity index (χ3n) is 6.14. The van der Waals surface area contributed by atoms with Gasteiger partial charge in [0.2, 0.25) is 0 Å². The van der Waals surface area contributed by atoms with Crippen LogP contribution < -0.4 is 10.1 Å². The van der Waals surface area contributed by atoms with Crippen molar-refractivity contribution in [3.8, 4) is 5.75 Å². The number of nitrogens with zero attached hydrogens (tertiary/aromatic N) is 1. The van der Waals surface area contributed by atoms with Crippen LogP contribution in [0.4, 0.5) is 0 Å². The number of ether oxygens (including phenoxy) is 2. The Labute approximate surface area is 140 Å². The molecule has 0 radical (unpaired) electrons. The van der Waals surface area contributed by atoms with Gasteiger partial charge in [-0.2, -0.15) is 0 Å². The van der Waals surface area contributed by atoms with Crippen LogP contribution in [-0.4, -0.2) is 67.0 Å². The van der Waals surface area contributed by atoms with Gasteiger partial charge in [0, 0.05) is 44.5 Å². The number of benzene rings is 1. The number of rotatable bonds is 2. The van der Waals surface area contributed by atoms with E-state index in [0.29, 0.717) is 25.3 Å². The fraction of sp³-hybridized carbons (Fsp3) is 0.611. The van der Waals surface area contributed by atoms with Crippen LogP contribution in [0, 0.1) is 11.8 Å². The second-order valence-corrected chi connectivity index (χ2v) is 7.38. The molecule has 0 unspecified atom stereocenters. The van der Waals surface area contributed by atoms with E-state index < -0.39 is 0 Å². The molecule has 0 saturated carbocycles. The summed E-state index contributed by atoms with van der Waals surface area (Å²) >= 11 is 0. The van der Waals surface area contributed by atoms with Crippen molar-refractivity contribution in [3.05, 3.63) is 29.3 Å². The van der Waals surface area contributed by atoms with Crippen LogP contribution in [-0.2, 0) is 11.2 Å². The molecule has 0 aromatic heterocycles. The molecular formula is C18H22N2O4. The largest absolute Gasteiger partial charge is 0.492 e. The lowest BCUT2D eigenvalue weighted by atomic mass is 9.83. The van der Waals surface area contributed by atoms with Gasteiger partial charge >= 0.3 is 0 Å². The van der Waals surface area contributed by atoms with Crippen LogP contribution in [0.25, 0.3) is 0 Å². The van der Waals surface area contributed by atoms with Gasteiger partial charge in [-0.1, -0.05) is 12.1 Å². The van der Waals surface area contributed by atoms with Crippen LogP contribution in [0.3, 0.4) is 0 Å². The summed E-state index contributed by atoms with van der Waals surface area (Å²) < 4.78 is 12.0. The first-order chi connectivity index (χ1) is 11.7. The number of carbonyl (C=O) groups is 1. The zero-order valence-electron chi connectivity index (χ0n) is 13.5. The number of para-hydroxylation sites is 1. The predicted molar refractivity (Wildman–Crippen MR) is 86.1 cm³/mol. The number of hydrogen-bond donors (Lipinski definition) is 2. The second-order valence-electron chi connectivity index (χ2n) is 7.38. The molecule has 128 valence electrons. The van der Waals surface area contributed by atoms with Crippen molar-refractivity contribution >= 4 is 5.91 Å². The van der Waals surface area contributed by atoms with E-state index in [1.54, 1.807) is 0 Å². The highest BCUT2D eigenvalue weighted by molar-refractivity contribution is 5.97. The van der Waals surface area contributed by atoms with Crippen molar-refractivity contribution in [2.75, 3.05) is 39.4 Å². The molecule has 4 heterocycles. The number of morpholine rings is 1. The lowest BCUT2D eigenvalue weighted by Crippen LogP contribution is -2.52. The average molecular weight is 330 g/mol. The zero-order valence-corrected chi connectivity index (χ0v) is 13.5. The number of nitrogens with one attached hydrogen (secondary N) is 1. The topological polar surface area (TPSA) is 71.0 Å². The SMILES string of the molecule is O=C(c1cccc2c1OCC2)N1C[C@@H]2[C@H](CO)[C@H]3CNC[C@]2(C1)O3. The molecule has 2 N–H and O–H groups in total. The molecule has 3 fully saturated rings. The predicted octanol–water partition coefficient (Wildman–Crippen LogP) is 0.0428. The maximum absolute atomic E-state index is 13.1. The van der Waals surface area contributed by atoms with Gasteiger partial charge in [0.25, 0.3) is 5.91 Å². The molecule has 4 aliphatic heterocycles. The zero-order chi connectivity index (χ0) is 16.3. The molecule has 1 spiro atoms. The average Bonchev–Trinajstić information content (AvgIpc) is 3.25. The Morgan fingerprint density at radius 1 is 1.46 bits per heavy atom. The van der Waals surface area contributed by atoms with Gasteiger partial charge in [-0.15, -0.1) is 0 Å². The van der Waals surface area contributed by atoms with Crippen LogP contribution in [0.5, 0.6) is 5.75 Å². The van der Waals surface area contributed by atoms with E-state index in [1.165, 1.54) is 0 Å². The number of amides is 1. The molecular weight excluding hydrogens is 308 g/mol. The first-order valence-corrected chi connectivity index (χ1v) is 8.75. The van der Waals surface area contributed by atoms with Gasteiger partial charge in [0.15, 0.2) is 0 Å². The molecule has 1 amide bonds. The standard InChI is InChI=1S/C18H22N2O4/c21-8-13-14-7-20(10-18(14)9-19-6-15(13)24-18)17(22)12-3-1-2-11-4-5-23-16(11)12/h1-3,13-15,19,21H,4-10H2/t13-,14+,15+,18+/m0/s1. The Hall–Kier alpha value is -1.63. The fourth-order valence-corrected chi connectivity index (χ4v) is 5.01. The Morgan fingerprint density at radius 2 is 2.38 bits per heavy atom. The summed E-state index contributed by atoms with van der Waals surface area (Å²) in [5, 5.41) is 13.2. The third-order valence-corrected chi connectivity index (χ3v) is 6.14. The first kappa shape index (κ1) is 14.7. The summed E-state index contributed by atoms with van der Waals surface area (Å²) in [7, 11) is 0. The normalized spacial score (nSPS) is 36.4. The van der Waals surface area contributed by atoms with Crippen molar-refractivity contribution in [1.29, 1.82) is 0 Å². The maximum Gasteiger partial charge on any atom is 0.257 e. The second kappa shape index (κ2) is 5.18. The van der Waals surface area contributed by atoms with Crippen LogP contribution >= 0.6 is 0 Å². The number of likely N-dealkylation sites (tertiary alicyclic amines) is 1. The minimum atomic E-state index is -0.342. The Balaban J connectivity index is 1.44. The summed E-state index contributed by atoms with van der Waals surface area (Å²) in [5.41, 5.74) is 1.43. The molecule has 4 atom stereocenters. The van der Waals surface area contributed by atoms with E-state index in [-0.39, 0.29) is 36.1 Å². The summed E-state index contributed by atoms with van der Waals surface area (Å²) in [4.78, 5) is 15.0. The molecule has 6 nitrogen and oxygen atoms in total. The minimum Gasteiger partial charge on any atom is -0.492 e. The van der Waals surface area contributed by atoms with Gasteiger partial charge in [0.05, 0.1) is 24.8 Å². The van der Waals surface area contributed by atoms with Crippen molar-refractivity contribution in [2.24, 2.45) is 11.8 Å². The van der Waals surface area contributed by atoms with E-state index in [0.717, 1.165) is 30.8 Å². The quantitative estimate of drug-likeness (QED) is 0.801. The highest BCUT2D eigenvalue weighted by Crippen LogP contribution is 2.47. The van der Waals surface area contributed by atoms with Crippen molar-refractivity contribution < 1.29 is 19.4 Å². The van der Waals surface area contributed by atoms with E-state index >= 15 is 0 Å². The van der Waals surface area contributed by atoms with Gasteiger partial charge in [-0.05, 0) is 11.6 Å². The lowest BCUT2D eigenvalue weighted by Gasteiger charge is -2.34. The molecule has 5 rings (SSSR count). The number of hydrogen-bond acceptors (Lipinski definition) is 5. The summed E-state index contributed by atoms with van der Waals surface area (Å²) in [5.74, 6) is 1.07. The van der Waals surface area contributed by atoms with E-state index in [2.05, 4.69) is 5.32 Å². The number of aliphatic hydroxyl groups excluding tert-OH is 1. The van der Waals surface area contributed by atoms with Crippen LogP contribution in [0.15, 0.2) is 18.2 Å². The van der Waals surface area contributed by atoms with Crippen LogP contribution in [0.1, 0.15) is 15.9 Å². The maximum atomic E-state index is 13.1. The molecule has 4 aliphatic rings. The molecule has 1 aromatic carbocycles. The van der Waals surface area contributed by atoms with Crippen molar-refractivity contribution in [3.63, 3.8) is 0 Å². The molecule has 2 bridgehead atoms. The highest BCUT2D eigenvalue weighted by atomic mass is 16.5. The van der Waals surface area contributed by atoms with Gasteiger partial charge < -0.3 is 24.8 Å². The smallest absolute Gasteiger partial charge is 0.257 e. The van der Waals surface area contributed by atoms with Gasteiger partial charge in [0.1, 0.15) is 11.4 Å². The highest BCUT2D eigenvalue weighted by Gasteiger charge is 2.61. The van der Waals surface area contributed by atoms with Crippen molar-refractivity contribution in [1.82, 2.24) is 10.2 Å². The molecule has 24 heavy (non-hydrogen) atoms. The monoisotopic (exact) mass is 330 g/mol. The van der Waals surface area contributed by atoms with E-state index in [4.69, 9.17) is 9.47 Å². The number of fused-ring (bicyclic) bond motifs is 2.